The van der Waals surface area contributed by atoms with Gasteiger partial charge in [-0.25, -0.2) is 0 Å². The van der Waals surface area contributed by atoms with Gasteiger partial charge in [-0.05, 0) is 26.7 Å². The molecule has 122 valence electrons. The Morgan fingerprint density at radius 1 is 0.909 bits per heavy atom. The molecular formula is C18H28N2O2. The molecule has 2 rings (SSSR count). The Kier molecular flexibility index (Phi) is 4.24. The molecule has 0 radical (unpaired) electrons. The molecule has 4 atom stereocenters. The van der Waals surface area contributed by atoms with Crippen LogP contribution in [0.5, 0.6) is 0 Å². The molecule has 0 bridgehead atoms. The second-order valence-corrected chi connectivity index (χ2v) is 7.49. The van der Waals surface area contributed by atoms with Crippen molar-refractivity contribution in [1.82, 2.24) is 10.6 Å². The van der Waals surface area contributed by atoms with Crippen molar-refractivity contribution in [2.75, 3.05) is 13.1 Å². The molecule has 4 nitrogen and oxygen atoms in total. The van der Waals surface area contributed by atoms with Crippen LogP contribution in [0.15, 0.2) is 24.3 Å². The lowest BCUT2D eigenvalue weighted by molar-refractivity contribution is -0.124. The topological polar surface area (TPSA) is 58.2 Å². The van der Waals surface area contributed by atoms with Crippen LogP contribution in [0.2, 0.25) is 0 Å². The molecule has 2 fully saturated rings. The fourth-order valence-electron chi connectivity index (χ4n) is 3.06. The van der Waals surface area contributed by atoms with Gasteiger partial charge in [-0.3, -0.25) is 9.59 Å². The van der Waals surface area contributed by atoms with Crippen molar-refractivity contribution in [3.05, 3.63) is 24.3 Å². The van der Waals surface area contributed by atoms with Gasteiger partial charge in [0.15, 0.2) is 0 Å². The van der Waals surface area contributed by atoms with Crippen molar-refractivity contribution in [3.63, 3.8) is 0 Å². The average Bonchev–Trinajstić information content (AvgIpc) is 3.31. The van der Waals surface area contributed by atoms with E-state index in [0.29, 0.717) is 13.1 Å². The van der Waals surface area contributed by atoms with E-state index in [0.717, 1.165) is 24.0 Å². The minimum atomic E-state index is -0.0371. The number of carbonyl (C=O) groups is 2. The van der Waals surface area contributed by atoms with E-state index in [1.54, 1.807) is 0 Å². The molecule has 0 aromatic rings. The summed E-state index contributed by atoms with van der Waals surface area (Å²) in [5.41, 5.74) is 2.05. The number of rotatable bonds is 7. The molecule has 4 unspecified atom stereocenters. The van der Waals surface area contributed by atoms with E-state index < -0.39 is 0 Å². The Bertz CT molecular complexity index is 491. The van der Waals surface area contributed by atoms with Gasteiger partial charge in [0.1, 0.15) is 0 Å². The zero-order valence-corrected chi connectivity index (χ0v) is 14.2. The van der Waals surface area contributed by atoms with E-state index in [9.17, 15) is 9.59 Å². The summed E-state index contributed by atoms with van der Waals surface area (Å²) in [4.78, 5) is 24.1. The van der Waals surface area contributed by atoms with Gasteiger partial charge in [0, 0.05) is 35.8 Å². The smallest absolute Gasteiger partial charge is 0.224 e. The van der Waals surface area contributed by atoms with E-state index in [4.69, 9.17) is 0 Å². The third-order valence-corrected chi connectivity index (χ3v) is 5.78. The van der Waals surface area contributed by atoms with Crippen molar-refractivity contribution in [2.45, 2.75) is 40.5 Å². The molecule has 0 saturated heterocycles. The first kappa shape index (κ1) is 16.8. The Morgan fingerprint density at radius 3 is 1.45 bits per heavy atom. The first-order valence-corrected chi connectivity index (χ1v) is 8.00. The fourth-order valence-corrected chi connectivity index (χ4v) is 3.06. The summed E-state index contributed by atoms with van der Waals surface area (Å²) < 4.78 is 0. The van der Waals surface area contributed by atoms with Crippen molar-refractivity contribution >= 4 is 11.8 Å². The van der Waals surface area contributed by atoms with Crippen LogP contribution in [0.25, 0.3) is 0 Å². The van der Waals surface area contributed by atoms with Crippen LogP contribution in [-0.2, 0) is 9.59 Å². The van der Waals surface area contributed by atoms with Crippen LogP contribution >= 0.6 is 0 Å². The molecule has 2 amide bonds. The Labute approximate surface area is 133 Å². The maximum Gasteiger partial charge on any atom is 0.224 e. The summed E-state index contributed by atoms with van der Waals surface area (Å²) in [5, 5.41) is 5.80. The Hall–Kier alpha value is -1.58. The van der Waals surface area contributed by atoms with Gasteiger partial charge in [-0.1, -0.05) is 38.2 Å². The molecule has 0 aromatic carbocycles. The van der Waals surface area contributed by atoms with E-state index in [2.05, 4.69) is 37.6 Å². The quantitative estimate of drug-likeness (QED) is 0.560. The lowest BCUT2D eigenvalue weighted by atomic mass is 9.98. The first-order chi connectivity index (χ1) is 10.1. The minimum Gasteiger partial charge on any atom is -0.354 e. The zero-order valence-electron chi connectivity index (χ0n) is 14.2. The molecule has 2 N–H and O–H groups in total. The van der Waals surface area contributed by atoms with Crippen LogP contribution in [0.4, 0.5) is 0 Å². The highest BCUT2D eigenvalue weighted by molar-refractivity contribution is 5.84. The predicted octanol–water partition coefficient (Wildman–Crippen LogP) is 2.42. The molecule has 0 spiro atoms. The second kappa shape index (κ2) is 5.56. The van der Waals surface area contributed by atoms with Gasteiger partial charge in [0.25, 0.3) is 0 Å². The van der Waals surface area contributed by atoms with Crippen molar-refractivity contribution in [2.24, 2.45) is 22.7 Å². The van der Waals surface area contributed by atoms with Crippen molar-refractivity contribution in [1.29, 1.82) is 0 Å². The number of carbonyl (C=O) groups excluding carboxylic acids is 2. The number of nitrogens with one attached hydrogen (secondary N) is 2. The van der Waals surface area contributed by atoms with Crippen molar-refractivity contribution < 1.29 is 9.59 Å². The number of hydrogen-bond acceptors (Lipinski definition) is 2. The third kappa shape index (κ3) is 2.96. The van der Waals surface area contributed by atoms with Crippen LogP contribution < -0.4 is 10.6 Å². The van der Waals surface area contributed by atoms with Crippen LogP contribution in [0, 0.1) is 22.7 Å². The van der Waals surface area contributed by atoms with Crippen LogP contribution in [-0.4, -0.2) is 24.9 Å². The summed E-state index contributed by atoms with van der Waals surface area (Å²) in [6.45, 7) is 17.0. The van der Waals surface area contributed by atoms with Crippen LogP contribution in [0.1, 0.15) is 40.5 Å². The highest BCUT2D eigenvalue weighted by Crippen LogP contribution is 2.57. The zero-order chi connectivity index (χ0) is 16.7. The molecule has 2 aliphatic carbocycles. The lowest BCUT2D eigenvalue weighted by Crippen LogP contribution is -2.37. The molecule has 2 saturated carbocycles. The maximum atomic E-state index is 12.0. The highest BCUT2D eigenvalue weighted by atomic mass is 16.2. The Morgan fingerprint density at radius 2 is 1.23 bits per heavy atom. The van der Waals surface area contributed by atoms with Gasteiger partial charge in [-0.2, -0.15) is 0 Å². The lowest BCUT2D eigenvalue weighted by Gasteiger charge is -2.12. The second-order valence-electron chi connectivity index (χ2n) is 7.49. The molecule has 2 aliphatic rings. The van der Waals surface area contributed by atoms with Gasteiger partial charge in [0.2, 0.25) is 11.8 Å². The first-order valence-electron chi connectivity index (χ1n) is 8.00. The number of amides is 2. The van der Waals surface area contributed by atoms with Gasteiger partial charge >= 0.3 is 0 Å². The van der Waals surface area contributed by atoms with E-state index in [1.807, 2.05) is 13.8 Å². The van der Waals surface area contributed by atoms with Crippen molar-refractivity contribution in [3.8, 4) is 0 Å². The normalized spacial score (nSPS) is 35.5. The average molecular weight is 304 g/mol. The number of hydrogen-bond donors (Lipinski definition) is 2. The largest absolute Gasteiger partial charge is 0.354 e. The standard InChI is InChI=1S/C18H28N2O2/c1-11(2)17(5)9-13(17)15(21)19-7-8-20-16(22)14-10-18(14,6)12(3)4/h13-14H,1,3,7-10H2,2,4-6H3,(H,19,21)(H,20,22). The summed E-state index contributed by atoms with van der Waals surface area (Å²) in [6, 6.07) is 0. The van der Waals surface area contributed by atoms with Crippen LogP contribution in [0.3, 0.4) is 0 Å². The molecule has 22 heavy (non-hydrogen) atoms. The van der Waals surface area contributed by atoms with E-state index in [1.165, 1.54) is 0 Å². The summed E-state index contributed by atoms with van der Waals surface area (Å²) in [6.07, 6.45) is 1.75. The maximum absolute atomic E-state index is 12.0. The van der Waals surface area contributed by atoms with Gasteiger partial charge < -0.3 is 10.6 Å². The van der Waals surface area contributed by atoms with E-state index in [-0.39, 0.29) is 34.5 Å². The summed E-state index contributed by atoms with van der Waals surface area (Å²) in [5.74, 6) is 0.211. The summed E-state index contributed by atoms with van der Waals surface area (Å²) >= 11 is 0. The summed E-state index contributed by atoms with van der Waals surface area (Å²) in [7, 11) is 0. The minimum absolute atomic E-state index is 0.0371. The molecule has 0 aromatic heterocycles. The molecular weight excluding hydrogens is 276 g/mol. The SMILES string of the molecule is C=C(C)C1(C)CC1C(=O)NCCNC(=O)C1CC1(C)C(=C)C. The predicted molar refractivity (Wildman–Crippen MR) is 88.1 cm³/mol. The highest BCUT2D eigenvalue weighted by Gasteiger charge is 2.55. The molecule has 4 heteroatoms. The van der Waals surface area contributed by atoms with Gasteiger partial charge in [-0.15, -0.1) is 0 Å². The molecule has 0 heterocycles. The van der Waals surface area contributed by atoms with Gasteiger partial charge in [0.05, 0.1) is 0 Å². The number of allylic oxidation sites excluding steroid dienone is 2. The Balaban J connectivity index is 1.65. The molecule has 0 aliphatic heterocycles. The monoisotopic (exact) mass is 304 g/mol. The fraction of sp³-hybridized carbons (Fsp3) is 0.667. The van der Waals surface area contributed by atoms with E-state index >= 15 is 0 Å². The third-order valence-electron chi connectivity index (χ3n) is 5.78.